The van der Waals surface area contributed by atoms with Crippen LogP contribution in [0.3, 0.4) is 0 Å². The molecule has 18 heavy (non-hydrogen) atoms. The number of aromatic nitrogens is 2. The third kappa shape index (κ3) is 2.85. The second-order valence-electron chi connectivity index (χ2n) is 5.60. The number of nitrogen functional groups attached to an aromatic ring is 1. The predicted octanol–water partition coefficient (Wildman–Crippen LogP) is 2.15. The molecule has 0 saturated carbocycles. The topological polar surface area (TPSA) is 53.1 Å². The van der Waals surface area contributed by atoms with Crippen LogP contribution in [0.15, 0.2) is 0 Å². The number of anilines is 1. The van der Waals surface area contributed by atoms with Crippen LogP contribution in [0, 0.1) is 12.3 Å². The molecule has 0 bridgehead atoms. The van der Waals surface area contributed by atoms with Crippen molar-refractivity contribution in [3.8, 4) is 12.3 Å². The molecular weight excluding hydrogens is 226 g/mol. The summed E-state index contributed by atoms with van der Waals surface area (Å²) in [6, 6.07) is 0. The first-order valence-electron chi connectivity index (χ1n) is 6.11. The van der Waals surface area contributed by atoms with Gasteiger partial charge in [-0.3, -0.25) is 0 Å². The lowest BCUT2D eigenvalue weighted by Gasteiger charge is -2.19. The van der Waals surface area contributed by atoms with Gasteiger partial charge < -0.3 is 15.0 Å². The van der Waals surface area contributed by atoms with E-state index in [9.17, 15) is 0 Å². The van der Waals surface area contributed by atoms with E-state index in [4.69, 9.17) is 16.9 Å². The van der Waals surface area contributed by atoms with Crippen molar-refractivity contribution >= 4 is 5.82 Å². The summed E-state index contributed by atoms with van der Waals surface area (Å²) in [5.74, 6) is 4.38. The van der Waals surface area contributed by atoms with Crippen LogP contribution in [0.2, 0.25) is 0 Å². The van der Waals surface area contributed by atoms with Crippen LogP contribution in [0.4, 0.5) is 5.82 Å². The van der Waals surface area contributed by atoms with Gasteiger partial charge in [0, 0.05) is 18.4 Å². The maximum absolute atomic E-state index is 6.17. The maximum Gasteiger partial charge on any atom is 0.128 e. The van der Waals surface area contributed by atoms with Gasteiger partial charge in [-0.2, -0.15) is 0 Å². The Morgan fingerprint density at radius 3 is 2.56 bits per heavy atom. The summed E-state index contributed by atoms with van der Waals surface area (Å²) >= 11 is 0. The fourth-order valence-corrected chi connectivity index (χ4v) is 2.00. The highest BCUT2D eigenvalue weighted by Crippen LogP contribution is 2.29. The van der Waals surface area contributed by atoms with E-state index in [1.54, 1.807) is 7.11 Å². The largest absolute Gasteiger partial charge is 0.384 e. The molecule has 0 amide bonds. The SMILES string of the molecule is C#CCn1c(C(C)(C)C)nc(C(C)COC)c1N. The van der Waals surface area contributed by atoms with Crippen molar-refractivity contribution in [1.29, 1.82) is 0 Å². The number of imidazole rings is 1. The van der Waals surface area contributed by atoms with Crippen molar-refractivity contribution in [2.24, 2.45) is 0 Å². The standard InChI is InChI=1S/C14H23N3O/c1-7-8-17-12(15)11(10(2)9-18-6)16-13(17)14(3,4)5/h1,10H,8-9,15H2,2-6H3. The van der Waals surface area contributed by atoms with Gasteiger partial charge in [0.05, 0.1) is 18.8 Å². The van der Waals surface area contributed by atoms with Gasteiger partial charge in [-0.25, -0.2) is 4.98 Å². The highest BCUT2D eigenvalue weighted by atomic mass is 16.5. The molecule has 0 aliphatic heterocycles. The van der Waals surface area contributed by atoms with Gasteiger partial charge in [0.2, 0.25) is 0 Å². The zero-order chi connectivity index (χ0) is 13.9. The van der Waals surface area contributed by atoms with Crippen LogP contribution in [-0.4, -0.2) is 23.3 Å². The van der Waals surface area contributed by atoms with Crippen molar-refractivity contribution < 1.29 is 4.74 Å². The molecule has 0 aliphatic carbocycles. The van der Waals surface area contributed by atoms with Gasteiger partial charge in [0.25, 0.3) is 0 Å². The third-order valence-corrected chi connectivity index (χ3v) is 2.84. The highest BCUT2D eigenvalue weighted by Gasteiger charge is 2.26. The lowest BCUT2D eigenvalue weighted by molar-refractivity contribution is 0.183. The molecule has 1 aromatic rings. The minimum Gasteiger partial charge on any atom is -0.384 e. The Hall–Kier alpha value is -1.47. The predicted molar refractivity (Wildman–Crippen MR) is 74.5 cm³/mol. The number of hydrogen-bond donors (Lipinski definition) is 1. The van der Waals surface area contributed by atoms with Crippen LogP contribution >= 0.6 is 0 Å². The number of methoxy groups -OCH3 is 1. The number of nitrogens with two attached hydrogens (primary N) is 1. The Bertz CT molecular complexity index is 449. The van der Waals surface area contributed by atoms with E-state index < -0.39 is 0 Å². The minimum absolute atomic E-state index is 0.0873. The number of hydrogen-bond acceptors (Lipinski definition) is 3. The Morgan fingerprint density at radius 2 is 2.11 bits per heavy atom. The lowest BCUT2D eigenvalue weighted by Crippen LogP contribution is -2.19. The molecule has 1 heterocycles. The van der Waals surface area contributed by atoms with E-state index in [-0.39, 0.29) is 11.3 Å². The van der Waals surface area contributed by atoms with Crippen molar-refractivity contribution in [3.63, 3.8) is 0 Å². The van der Waals surface area contributed by atoms with Crippen LogP contribution in [0.1, 0.15) is 45.1 Å². The highest BCUT2D eigenvalue weighted by molar-refractivity contribution is 5.42. The first-order chi connectivity index (χ1) is 8.32. The van der Waals surface area contributed by atoms with Gasteiger partial charge in [0.1, 0.15) is 11.6 Å². The van der Waals surface area contributed by atoms with Crippen molar-refractivity contribution in [2.75, 3.05) is 19.5 Å². The lowest BCUT2D eigenvalue weighted by atomic mass is 9.95. The fourth-order valence-electron chi connectivity index (χ4n) is 2.00. The molecule has 0 aliphatic rings. The van der Waals surface area contributed by atoms with Crippen LogP contribution in [0.25, 0.3) is 0 Å². The summed E-state index contributed by atoms with van der Waals surface area (Å²) in [6.45, 7) is 9.41. The summed E-state index contributed by atoms with van der Waals surface area (Å²) in [5.41, 5.74) is 6.95. The third-order valence-electron chi connectivity index (χ3n) is 2.84. The van der Waals surface area contributed by atoms with E-state index >= 15 is 0 Å². The van der Waals surface area contributed by atoms with E-state index in [0.717, 1.165) is 11.5 Å². The van der Waals surface area contributed by atoms with Crippen LogP contribution in [0.5, 0.6) is 0 Å². The van der Waals surface area contributed by atoms with Crippen LogP contribution in [-0.2, 0) is 16.7 Å². The molecule has 2 N–H and O–H groups in total. The van der Waals surface area contributed by atoms with Gasteiger partial charge in [-0.15, -0.1) is 6.42 Å². The molecule has 0 fully saturated rings. The minimum atomic E-state index is -0.0873. The molecule has 1 unspecified atom stereocenters. The zero-order valence-corrected chi connectivity index (χ0v) is 11.9. The molecule has 4 heteroatoms. The normalized spacial score (nSPS) is 13.3. The Kier molecular flexibility index (Phi) is 4.42. The molecule has 1 aromatic heterocycles. The van der Waals surface area contributed by atoms with Gasteiger partial charge in [-0.1, -0.05) is 33.6 Å². The van der Waals surface area contributed by atoms with Crippen molar-refractivity contribution in [3.05, 3.63) is 11.5 Å². The Labute approximate surface area is 110 Å². The maximum atomic E-state index is 6.17. The van der Waals surface area contributed by atoms with Crippen molar-refractivity contribution in [2.45, 2.75) is 45.6 Å². The second-order valence-corrected chi connectivity index (χ2v) is 5.60. The number of rotatable bonds is 4. The Morgan fingerprint density at radius 1 is 1.50 bits per heavy atom. The Balaban J connectivity index is 3.28. The summed E-state index contributed by atoms with van der Waals surface area (Å²) < 4.78 is 7.08. The van der Waals surface area contributed by atoms with E-state index in [1.807, 2.05) is 4.57 Å². The van der Waals surface area contributed by atoms with Gasteiger partial charge in [0.15, 0.2) is 0 Å². The molecular formula is C14H23N3O. The van der Waals surface area contributed by atoms with Gasteiger partial charge >= 0.3 is 0 Å². The van der Waals surface area contributed by atoms with Crippen molar-refractivity contribution in [1.82, 2.24) is 9.55 Å². The summed E-state index contributed by atoms with van der Waals surface area (Å²) in [4.78, 5) is 4.68. The number of nitrogens with zero attached hydrogens (tertiary/aromatic N) is 2. The number of terminal acetylenes is 1. The fraction of sp³-hybridized carbons (Fsp3) is 0.643. The molecule has 1 rings (SSSR count). The quantitative estimate of drug-likeness (QED) is 0.832. The molecule has 1 atom stereocenters. The first-order valence-corrected chi connectivity index (χ1v) is 6.11. The van der Waals surface area contributed by atoms with E-state index in [2.05, 4.69) is 38.6 Å². The molecule has 4 nitrogen and oxygen atoms in total. The average Bonchev–Trinajstić information content (AvgIpc) is 2.57. The average molecular weight is 249 g/mol. The molecule has 0 radical (unpaired) electrons. The number of ether oxygens (including phenoxy) is 1. The summed E-state index contributed by atoms with van der Waals surface area (Å²) in [6.07, 6.45) is 5.41. The first kappa shape index (κ1) is 14.6. The molecule has 0 saturated heterocycles. The van der Waals surface area contributed by atoms with E-state index in [1.165, 1.54) is 0 Å². The molecule has 0 aromatic carbocycles. The van der Waals surface area contributed by atoms with Gasteiger partial charge in [-0.05, 0) is 0 Å². The van der Waals surface area contributed by atoms with Crippen LogP contribution < -0.4 is 5.73 Å². The van der Waals surface area contributed by atoms with E-state index in [0.29, 0.717) is 19.0 Å². The second kappa shape index (κ2) is 5.45. The monoisotopic (exact) mass is 249 g/mol. The summed E-state index contributed by atoms with van der Waals surface area (Å²) in [7, 11) is 1.68. The smallest absolute Gasteiger partial charge is 0.128 e. The summed E-state index contributed by atoms with van der Waals surface area (Å²) in [5, 5.41) is 0. The molecule has 100 valence electrons. The zero-order valence-electron chi connectivity index (χ0n) is 11.9. The molecule has 0 spiro atoms.